The molecule has 6 heteroatoms. The van der Waals surface area contributed by atoms with E-state index in [-0.39, 0.29) is 18.1 Å². The van der Waals surface area contributed by atoms with E-state index >= 15 is 0 Å². The quantitative estimate of drug-likeness (QED) is 0.917. The molecule has 0 aromatic heterocycles. The molecule has 5 nitrogen and oxygen atoms in total. The van der Waals surface area contributed by atoms with Gasteiger partial charge in [-0.05, 0) is 45.1 Å². The number of carbonyl (C=O) groups excluding carboxylic acids is 1. The van der Waals surface area contributed by atoms with Crippen molar-refractivity contribution < 1.29 is 9.53 Å². The highest BCUT2D eigenvalue weighted by atomic mass is 35.5. The largest absolute Gasteiger partial charge is 0.380 e. The van der Waals surface area contributed by atoms with E-state index in [1.807, 2.05) is 43.3 Å². The van der Waals surface area contributed by atoms with Crippen LogP contribution in [0.3, 0.4) is 0 Å². The molecule has 2 atom stereocenters. The Morgan fingerprint density at radius 1 is 1.39 bits per heavy atom. The zero-order valence-corrected chi connectivity index (χ0v) is 14.8. The van der Waals surface area contributed by atoms with E-state index in [9.17, 15) is 4.79 Å². The summed E-state index contributed by atoms with van der Waals surface area (Å²) in [5.41, 5.74) is 1.13. The number of benzene rings is 1. The summed E-state index contributed by atoms with van der Waals surface area (Å²) < 4.78 is 5.45. The number of hydrogen-bond acceptors (Lipinski definition) is 3. The normalized spacial score (nSPS) is 20.2. The topological polar surface area (TPSA) is 44.8 Å². The van der Waals surface area contributed by atoms with Crippen molar-refractivity contribution in [1.29, 1.82) is 0 Å². The molecule has 23 heavy (non-hydrogen) atoms. The molecule has 0 spiro atoms. The average molecular weight is 340 g/mol. The third kappa shape index (κ3) is 5.09. The SMILES string of the molecule is CC1CCOCCN1C(=O)NCC(c1ccc(Cl)cc1)N(C)C. The second-order valence-electron chi connectivity index (χ2n) is 6.16. The van der Waals surface area contributed by atoms with Crippen LogP contribution in [0.2, 0.25) is 5.02 Å². The summed E-state index contributed by atoms with van der Waals surface area (Å²) in [6.45, 7) is 4.58. The number of urea groups is 1. The van der Waals surface area contributed by atoms with Crippen LogP contribution < -0.4 is 5.32 Å². The summed E-state index contributed by atoms with van der Waals surface area (Å²) >= 11 is 5.95. The van der Waals surface area contributed by atoms with Gasteiger partial charge in [0, 0.05) is 30.8 Å². The second kappa shape index (κ2) is 8.52. The van der Waals surface area contributed by atoms with E-state index in [0.717, 1.165) is 18.6 Å². The molecule has 1 aliphatic heterocycles. The number of hydrogen-bond donors (Lipinski definition) is 1. The first kappa shape index (κ1) is 18.0. The minimum Gasteiger partial charge on any atom is -0.380 e. The average Bonchev–Trinajstić information content (AvgIpc) is 2.73. The van der Waals surface area contributed by atoms with E-state index in [1.165, 1.54) is 0 Å². The van der Waals surface area contributed by atoms with Crippen LogP contribution in [0.25, 0.3) is 0 Å². The van der Waals surface area contributed by atoms with Crippen LogP contribution in [-0.4, -0.2) is 62.3 Å². The van der Waals surface area contributed by atoms with Crippen LogP contribution in [0.15, 0.2) is 24.3 Å². The fourth-order valence-corrected chi connectivity index (χ4v) is 2.89. The Morgan fingerprint density at radius 2 is 2.09 bits per heavy atom. The molecular formula is C17H26ClN3O2. The Hall–Kier alpha value is -1.30. The van der Waals surface area contributed by atoms with Crippen LogP contribution in [0.4, 0.5) is 4.79 Å². The molecule has 2 amide bonds. The Kier molecular flexibility index (Phi) is 6.69. The number of rotatable bonds is 4. The fraction of sp³-hybridized carbons (Fsp3) is 0.588. The molecule has 0 radical (unpaired) electrons. The van der Waals surface area contributed by atoms with Crippen molar-refractivity contribution in [1.82, 2.24) is 15.1 Å². The monoisotopic (exact) mass is 339 g/mol. The lowest BCUT2D eigenvalue weighted by Gasteiger charge is -2.29. The van der Waals surface area contributed by atoms with Gasteiger partial charge in [0.1, 0.15) is 0 Å². The van der Waals surface area contributed by atoms with E-state index in [4.69, 9.17) is 16.3 Å². The van der Waals surface area contributed by atoms with Gasteiger partial charge in [0.25, 0.3) is 0 Å². The minimum absolute atomic E-state index is 0.0242. The number of halogens is 1. The van der Waals surface area contributed by atoms with E-state index in [0.29, 0.717) is 24.7 Å². The molecule has 1 fully saturated rings. The summed E-state index contributed by atoms with van der Waals surface area (Å²) in [4.78, 5) is 16.5. The van der Waals surface area contributed by atoms with Gasteiger partial charge in [-0.2, -0.15) is 0 Å². The summed E-state index contributed by atoms with van der Waals surface area (Å²) in [7, 11) is 4.02. The minimum atomic E-state index is -0.0242. The van der Waals surface area contributed by atoms with Crippen LogP contribution >= 0.6 is 11.6 Å². The molecule has 1 saturated heterocycles. The van der Waals surface area contributed by atoms with Gasteiger partial charge in [-0.25, -0.2) is 4.79 Å². The van der Waals surface area contributed by atoms with Gasteiger partial charge in [0.15, 0.2) is 0 Å². The van der Waals surface area contributed by atoms with E-state index < -0.39 is 0 Å². The number of amides is 2. The van der Waals surface area contributed by atoms with Crippen LogP contribution in [0, 0.1) is 0 Å². The number of likely N-dealkylation sites (N-methyl/N-ethyl adjacent to an activating group) is 1. The van der Waals surface area contributed by atoms with Gasteiger partial charge in [-0.3, -0.25) is 0 Å². The summed E-state index contributed by atoms with van der Waals surface area (Å²) in [5, 5.41) is 3.78. The zero-order valence-electron chi connectivity index (χ0n) is 14.1. The van der Waals surface area contributed by atoms with Gasteiger partial charge in [-0.1, -0.05) is 23.7 Å². The molecule has 1 N–H and O–H groups in total. The van der Waals surface area contributed by atoms with Crippen molar-refractivity contribution in [2.24, 2.45) is 0 Å². The van der Waals surface area contributed by atoms with Gasteiger partial charge in [0.2, 0.25) is 0 Å². The first-order valence-corrected chi connectivity index (χ1v) is 8.41. The molecule has 128 valence electrons. The second-order valence-corrected chi connectivity index (χ2v) is 6.60. The third-order valence-corrected chi connectivity index (χ3v) is 4.53. The Bertz CT molecular complexity index is 507. The number of nitrogens with zero attached hydrogens (tertiary/aromatic N) is 2. The maximum absolute atomic E-state index is 12.5. The van der Waals surface area contributed by atoms with Gasteiger partial charge >= 0.3 is 6.03 Å². The number of carbonyl (C=O) groups is 1. The highest BCUT2D eigenvalue weighted by molar-refractivity contribution is 6.30. The molecule has 2 rings (SSSR count). The number of ether oxygens (including phenoxy) is 1. The molecule has 0 bridgehead atoms. The smallest absolute Gasteiger partial charge is 0.317 e. The zero-order chi connectivity index (χ0) is 16.8. The van der Waals surface area contributed by atoms with Crippen molar-refractivity contribution in [3.8, 4) is 0 Å². The van der Waals surface area contributed by atoms with Crippen molar-refractivity contribution in [2.45, 2.75) is 25.4 Å². The highest BCUT2D eigenvalue weighted by Gasteiger charge is 2.23. The first-order valence-electron chi connectivity index (χ1n) is 8.03. The molecule has 1 aromatic carbocycles. The van der Waals surface area contributed by atoms with Crippen molar-refractivity contribution in [3.63, 3.8) is 0 Å². The molecule has 0 saturated carbocycles. The Labute approximate surface area is 143 Å². The van der Waals surface area contributed by atoms with Crippen LogP contribution in [0.1, 0.15) is 24.9 Å². The van der Waals surface area contributed by atoms with Crippen LogP contribution in [-0.2, 0) is 4.74 Å². The summed E-state index contributed by atoms with van der Waals surface area (Å²) in [6.07, 6.45) is 0.877. The lowest BCUT2D eigenvalue weighted by Crippen LogP contribution is -2.47. The summed E-state index contributed by atoms with van der Waals surface area (Å²) in [5.74, 6) is 0. The lowest BCUT2D eigenvalue weighted by atomic mass is 10.1. The summed E-state index contributed by atoms with van der Waals surface area (Å²) in [6, 6.07) is 8.04. The Morgan fingerprint density at radius 3 is 2.74 bits per heavy atom. The fourth-order valence-electron chi connectivity index (χ4n) is 2.77. The number of nitrogens with one attached hydrogen (secondary N) is 1. The maximum atomic E-state index is 12.5. The van der Waals surface area contributed by atoms with Crippen LogP contribution in [0.5, 0.6) is 0 Å². The molecule has 0 aliphatic carbocycles. The molecule has 2 unspecified atom stereocenters. The molecular weight excluding hydrogens is 314 g/mol. The maximum Gasteiger partial charge on any atom is 0.317 e. The Balaban J connectivity index is 1.98. The molecule has 1 heterocycles. The van der Waals surface area contributed by atoms with Crippen molar-refractivity contribution >= 4 is 17.6 Å². The van der Waals surface area contributed by atoms with Crippen molar-refractivity contribution in [2.75, 3.05) is 40.4 Å². The van der Waals surface area contributed by atoms with Gasteiger partial charge in [0.05, 0.1) is 12.6 Å². The van der Waals surface area contributed by atoms with Gasteiger partial charge < -0.3 is 19.9 Å². The highest BCUT2D eigenvalue weighted by Crippen LogP contribution is 2.20. The molecule has 1 aromatic rings. The lowest BCUT2D eigenvalue weighted by molar-refractivity contribution is 0.141. The molecule has 1 aliphatic rings. The first-order chi connectivity index (χ1) is 11.0. The van der Waals surface area contributed by atoms with E-state index in [1.54, 1.807) is 0 Å². The standard InChI is InChI=1S/C17H26ClN3O2/c1-13-8-10-23-11-9-21(13)17(22)19-12-16(20(2)3)14-4-6-15(18)7-5-14/h4-7,13,16H,8-12H2,1-3H3,(H,19,22). The third-order valence-electron chi connectivity index (χ3n) is 4.27. The van der Waals surface area contributed by atoms with Crippen molar-refractivity contribution in [3.05, 3.63) is 34.9 Å². The predicted molar refractivity (Wildman–Crippen MR) is 92.9 cm³/mol. The van der Waals surface area contributed by atoms with Gasteiger partial charge in [-0.15, -0.1) is 0 Å². The van der Waals surface area contributed by atoms with E-state index in [2.05, 4.69) is 17.1 Å². The predicted octanol–water partition coefficient (Wildman–Crippen LogP) is 2.76.